The largest absolute Gasteiger partial charge is 0.324 e. The quantitative estimate of drug-likeness (QED) is 0.691. The highest BCUT2D eigenvalue weighted by molar-refractivity contribution is 7.89. The second kappa shape index (κ2) is 6.86. The molecule has 1 unspecified atom stereocenters. The average molecular weight is 386 g/mol. The molecule has 27 heavy (non-hydrogen) atoms. The van der Waals surface area contributed by atoms with E-state index in [1.54, 1.807) is 18.6 Å². The summed E-state index contributed by atoms with van der Waals surface area (Å²) >= 11 is 0. The van der Waals surface area contributed by atoms with E-state index in [4.69, 9.17) is 0 Å². The highest BCUT2D eigenvalue weighted by atomic mass is 32.2. The standard InChI is InChI=1S/C19H19FN4O2S/c1-14-12-22-19(15-5-8-21-9-6-15)24(14)17-7-10-23(13-17)27(25,26)18-4-2-3-16(20)11-18/h2-6,8-9,11-12,17H,7,10,13H2,1H3. The molecule has 140 valence electrons. The van der Waals surface area contributed by atoms with Crippen LogP contribution in [0.15, 0.2) is 59.9 Å². The Kier molecular flexibility index (Phi) is 4.53. The van der Waals surface area contributed by atoms with Crippen LogP contribution in [0.1, 0.15) is 18.2 Å². The van der Waals surface area contributed by atoms with Gasteiger partial charge in [0.2, 0.25) is 10.0 Å². The molecule has 1 fully saturated rings. The summed E-state index contributed by atoms with van der Waals surface area (Å²) in [6, 6.07) is 8.88. The van der Waals surface area contributed by atoms with Crippen LogP contribution in [0.3, 0.4) is 0 Å². The van der Waals surface area contributed by atoms with Crippen LogP contribution in [0.4, 0.5) is 4.39 Å². The van der Waals surface area contributed by atoms with E-state index in [-0.39, 0.29) is 10.9 Å². The minimum atomic E-state index is -3.73. The van der Waals surface area contributed by atoms with Gasteiger partial charge in [0.05, 0.1) is 10.9 Å². The molecule has 0 bridgehead atoms. The average Bonchev–Trinajstić information content (AvgIpc) is 3.29. The summed E-state index contributed by atoms with van der Waals surface area (Å²) in [5.74, 6) is 0.238. The predicted octanol–water partition coefficient (Wildman–Crippen LogP) is 3.03. The zero-order valence-electron chi connectivity index (χ0n) is 14.8. The fraction of sp³-hybridized carbons (Fsp3) is 0.263. The first-order valence-corrected chi connectivity index (χ1v) is 10.1. The van der Waals surface area contributed by atoms with Gasteiger partial charge in [0.15, 0.2) is 0 Å². The summed E-state index contributed by atoms with van der Waals surface area (Å²) in [6.07, 6.45) is 5.88. The Labute approximate surface area is 157 Å². The third kappa shape index (κ3) is 3.26. The molecule has 0 amide bonds. The molecule has 3 aromatic rings. The van der Waals surface area contributed by atoms with Gasteiger partial charge in [-0.05, 0) is 43.7 Å². The lowest BCUT2D eigenvalue weighted by Crippen LogP contribution is -2.29. The fourth-order valence-electron chi connectivity index (χ4n) is 3.54. The molecule has 1 aromatic carbocycles. The van der Waals surface area contributed by atoms with Crippen molar-refractivity contribution in [2.75, 3.05) is 13.1 Å². The van der Waals surface area contributed by atoms with Crippen LogP contribution >= 0.6 is 0 Å². The molecule has 0 radical (unpaired) electrons. The van der Waals surface area contributed by atoms with E-state index in [1.165, 1.54) is 22.5 Å². The molecule has 1 aliphatic heterocycles. The Bertz CT molecular complexity index is 1070. The van der Waals surface area contributed by atoms with Gasteiger partial charge in [-0.1, -0.05) is 6.07 Å². The normalized spacial score (nSPS) is 18.1. The maximum absolute atomic E-state index is 13.5. The van der Waals surface area contributed by atoms with Gasteiger partial charge in [-0.2, -0.15) is 4.31 Å². The monoisotopic (exact) mass is 386 g/mol. The van der Waals surface area contributed by atoms with Crippen LogP contribution in [0.25, 0.3) is 11.4 Å². The Balaban J connectivity index is 1.64. The van der Waals surface area contributed by atoms with Gasteiger partial charge in [0.1, 0.15) is 11.6 Å². The van der Waals surface area contributed by atoms with E-state index >= 15 is 0 Å². The molecule has 3 heterocycles. The van der Waals surface area contributed by atoms with Crippen LogP contribution in [0.2, 0.25) is 0 Å². The van der Waals surface area contributed by atoms with Gasteiger partial charge in [0.25, 0.3) is 0 Å². The van der Waals surface area contributed by atoms with Gasteiger partial charge in [-0.15, -0.1) is 0 Å². The van der Waals surface area contributed by atoms with Crippen molar-refractivity contribution in [3.8, 4) is 11.4 Å². The minimum Gasteiger partial charge on any atom is -0.324 e. The molecule has 0 N–H and O–H groups in total. The molecule has 0 spiro atoms. The highest BCUT2D eigenvalue weighted by Gasteiger charge is 2.34. The number of hydrogen-bond acceptors (Lipinski definition) is 4. The lowest BCUT2D eigenvalue weighted by Gasteiger charge is -2.19. The Morgan fingerprint density at radius 3 is 2.70 bits per heavy atom. The number of rotatable bonds is 4. The SMILES string of the molecule is Cc1cnc(-c2ccncc2)n1C1CCN(S(=O)(=O)c2cccc(F)c2)C1. The first-order valence-electron chi connectivity index (χ1n) is 8.67. The van der Waals surface area contributed by atoms with Crippen LogP contribution in [0.5, 0.6) is 0 Å². The molecule has 0 aliphatic carbocycles. The van der Waals surface area contributed by atoms with Crippen molar-refractivity contribution in [1.82, 2.24) is 18.8 Å². The van der Waals surface area contributed by atoms with Gasteiger partial charge in [-0.3, -0.25) is 4.98 Å². The summed E-state index contributed by atoms with van der Waals surface area (Å²) < 4.78 is 42.7. The van der Waals surface area contributed by atoms with Crippen molar-refractivity contribution < 1.29 is 12.8 Å². The van der Waals surface area contributed by atoms with Gasteiger partial charge >= 0.3 is 0 Å². The predicted molar refractivity (Wildman–Crippen MR) is 99.0 cm³/mol. The van der Waals surface area contributed by atoms with Gasteiger partial charge in [0, 0.05) is 42.9 Å². The minimum absolute atomic E-state index is 0.0140. The second-order valence-corrected chi connectivity index (χ2v) is 8.53. The number of halogens is 1. The van der Waals surface area contributed by atoms with E-state index in [0.717, 1.165) is 23.1 Å². The maximum atomic E-state index is 13.5. The molecule has 1 atom stereocenters. The summed E-state index contributed by atoms with van der Waals surface area (Å²) in [4.78, 5) is 8.53. The lowest BCUT2D eigenvalue weighted by molar-refractivity contribution is 0.450. The molecule has 6 nitrogen and oxygen atoms in total. The summed E-state index contributed by atoms with van der Waals surface area (Å²) in [5.41, 5.74) is 1.90. The van der Waals surface area contributed by atoms with E-state index in [9.17, 15) is 12.8 Å². The van der Waals surface area contributed by atoms with E-state index in [1.807, 2.05) is 19.1 Å². The molecular weight excluding hydrogens is 367 g/mol. The number of aryl methyl sites for hydroxylation is 1. The molecule has 2 aromatic heterocycles. The van der Waals surface area contributed by atoms with Crippen molar-refractivity contribution >= 4 is 10.0 Å². The van der Waals surface area contributed by atoms with Crippen LogP contribution in [-0.4, -0.2) is 40.3 Å². The van der Waals surface area contributed by atoms with E-state index in [0.29, 0.717) is 19.5 Å². The third-order valence-electron chi connectivity index (χ3n) is 4.85. The molecular formula is C19H19FN4O2S. The van der Waals surface area contributed by atoms with Gasteiger partial charge < -0.3 is 4.57 Å². The first kappa shape index (κ1) is 17.8. The van der Waals surface area contributed by atoms with Crippen molar-refractivity contribution in [2.45, 2.75) is 24.3 Å². The Morgan fingerprint density at radius 1 is 1.19 bits per heavy atom. The van der Waals surface area contributed by atoms with Gasteiger partial charge in [-0.25, -0.2) is 17.8 Å². The third-order valence-corrected chi connectivity index (χ3v) is 6.71. The number of sulfonamides is 1. The van der Waals surface area contributed by atoms with E-state index in [2.05, 4.69) is 14.5 Å². The first-order chi connectivity index (χ1) is 13.0. The summed E-state index contributed by atoms with van der Waals surface area (Å²) in [5, 5.41) is 0. The number of benzene rings is 1. The topological polar surface area (TPSA) is 68.1 Å². The van der Waals surface area contributed by atoms with Crippen LogP contribution < -0.4 is 0 Å². The summed E-state index contributed by atoms with van der Waals surface area (Å²) in [6.45, 7) is 2.67. The number of nitrogens with zero attached hydrogens (tertiary/aromatic N) is 4. The number of pyridine rings is 1. The molecule has 0 saturated carbocycles. The number of hydrogen-bond donors (Lipinski definition) is 0. The zero-order chi connectivity index (χ0) is 19.0. The zero-order valence-corrected chi connectivity index (χ0v) is 15.6. The van der Waals surface area contributed by atoms with Crippen molar-refractivity contribution in [2.24, 2.45) is 0 Å². The highest BCUT2D eigenvalue weighted by Crippen LogP contribution is 2.32. The second-order valence-electron chi connectivity index (χ2n) is 6.59. The fourth-order valence-corrected chi connectivity index (χ4v) is 5.06. The number of imidazole rings is 1. The molecule has 1 aliphatic rings. The lowest BCUT2D eigenvalue weighted by atomic mass is 10.2. The van der Waals surface area contributed by atoms with Crippen molar-refractivity contribution in [3.63, 3.8) is 0 Å². The Morgan fingerprint density at radius 2 is 1.96 bits per heavy atom. The van der Waals surface area contributed by atoms with Crippen LogP contribution in [-0.2, 0) is 10.0 Å². The smallest absolute Gasteiger partial charge is 0.243 e. The molecule has 4 rings (SSSR count). The molecule has 8 heteroatoms. The van der Waals surface area contributed by atoms with Crippen LogP contribution in [0, 0.1) is 12.7 Å². The van der Waals surface area contributed by atoms with E-state index < -0.39 is 15.8 Å². The Hall–Kier alpha value is -2.58. The van der Waals surface area contributed by atoms with Crippen molar-refractivity contribution in [3.05, 3.63) is 66.5 Å². The van der Waals surface area contributed by atoms with Crippen molar-refractivity contribution in [1.29, 1.82) is 0 Å². The number of aromatic nitrogens is 3. The maximum Gasteiger partial charge on any atom is 0.243 e. The molecule has 1 saturated heterocycles. The summed E-state index contributed by atoms with van der Waals surface area (Å²) in [7, 11) is -3.73.